The number of aliphatic carboxylic acids is 1. The van der Waals surface area contributed by atoms with Crippen LogP contribution in [0.15, 0.2) is 0 Å². The molecule has 1 atom stereocenters. The Balaban J connectivity index is 3.68. The molecule has 0 radical (unpaired) electrons. The largest absolute Gasteiger partial charge is 0.550 e. The zero-order chi connectivity index (χ0) is 10.4. The van der Waals surface area contributed by atoms with E-state index in [1.54, 1.807) is 25.9 Å². The second-order valence-corrected chi connectivity index (χ2v) is 2.92. The van der Waals surface area contributed by atoms with Crippen LogP contribution in [0.5, 0.6) is 0 Å². The molecular weight excluding hydrogens is 174 g/mol. The predicted octanol–water partition coefficient (Wildman–Crippen LogP) is -1.03. The van der Waals surface area contributed by atoms with Gasteiger partial charge in [0.15, 0.2) is 6.23 Å². The summed E-state index contributed by atoms with van der Waals surface area (Å²) in [6.45, 7) is 1.71. The predicted molar refractivity (Wildman–Crippen MR) is 43.5 cm³/mol. The van der Waals surface area contributed by atoms with Crippen molar-refractivity contribution in [1.29, 1.82) is 0 Å². The summed E-state index contributed by atoms with van der Waals surface area (Å²) in [5.41, 5.74) is 0. The van der Waals surface area contributed by atoms with Crippen LogP contribution in [0.3, 0.4) is 0 Å². The average molecular weight is 188 g/mol. The lowest BCUT2D eigenvalue weighted by molar-refractivity contribution is -0.305. The lowest BCUT2D eigenvalue weighted by Gasteiger charge is -2.19. The third-order valence-electron chi connectivity index (χ3n) is 1.56. The van der Waals surface area contributed by atoms with E-state index in [1.165, 1.54) is 0 Å². The molecule has 0 aliphatic carbocycles. The maximum Gasteiger partial charge on any atom is 0.307 e. The van der Waals surface area contributed by atoms with Crippen molar-refractivity contribution < 1.29 is 19.4 Å². The van der Waals surface area contributed by atoms with E-state index in [0.29, 0.717) is 0 Å². The van der Waals surface area contributed by atoms with Gasteiger partial charge < -0.3 is 14.6 Å². The van der Waals surface area contributed by atoms with Crippen LogP contribution in [-0.4, -0.2) is 37.2 Å². The first-order valence-corrected chi connectivity index (χ1v) is 3.99. The van der Waals surface area contributed by atoms with E-state index in [-0.39, 0.29) is 19.1 Å². The van der Waals surface area contributed by atoms with E-state index < -0.39 is 11.9 Å². The standard InChI is InChI=1S/C8H15NO4/c1-6(9(2)3)13-8(12)5-4-7(10)11/h6H,4-5H2,1-3H3,(H,10,11)/p-1. The molecule has 5 heteroatoms. The van der Waals surface area contributed by atoms with Gasteiger partial charge in [-0.2, -0.15) is 0 Å². The molecule has 13 heavy (non-hydrogen) atoms. The molecule has 0 aromatic heterocycles. The Kier molecular flexibility index (Phi) is 5.06. The molecule has 0 aromatic carbocycles. The van der Waals surface area contributed by atoms with Gasteiger partial charge in [-0.3, -0.25) is 9.69 Å². The molecule has 0 aliphatic heterocycles. The van der Waals surface area contributed by atoms with Crippen LogP contribution in [0.1, 0.15) is 19.8 Å². The number of hydrogen-bond acceptors (Lipinski definition) is 5. The van der Waals surface area contributed by atoms with Crippen molar-refractivity contribution >= 4 is 11.9 Å². The van der Waals surface area contributed by atoms with Gasteiger partial charge in [0.25, 0.3) is 0 Å². The lowest BCUT2D eigenvalue weighted by Crippen LogP contribution is -2.30. The number of carboxylic acids is 1. The highest BCUT2D eigenvalue weighted by Crippen LogP contribution is 1.98. The second-order valence-electron chi connectivity index (χ2n) is 2.92. The highest BCUT2D eigenvalue weighted by atomic mass is 16.6. The fourth-order valence-electron chi connectivity index (χ4n) is 0.559. The Hall–Kier alpha value is -1.10. The minimum absolute atomic E-state index is 0.138. The highest BCUT2D eigenvalue weighted by Gasteiger charge is 2.10. The van der Waals surface area contributed by atoms with Gasteiger partial charge in [-0.1, -0.05) is 0 Å². The summed E-state index contributed by atoms with van der Waals surface area (Å²) >= 11 is 0. The van der Waals surface area contributed by atoms with Crippen LogP contribution < -0.4 is 5.11 Å². The number of hydrogen-bond donors (Lipinski definition) is 0. The molecule has 1 unspecified atom stereocenters. The molecule has 0 heterocycles. The summed E-state index contributed by atoms with van der Waals surface area (Å²) in [6, 6.07) is 0. The monoisotopic (exact) mass is 188 g/mol. The van der Waals surface area contributed by atoms with Crippen LogP contribution in [0.2, 0.25) is 0 Å². The lowest BCUT2D eigenvalue weighted by atomic mass is 10.3. The summed E-state index contributed by atoms with van der Waals surface area (Å²) < 4.78 is 4.86. The van der Waals surface area contributed by atoms with E-state index >= 15 is 0 Å². The smallest absolute Gasteiger partial charge is 0.307 e. The van der Waals surface area contributed by atoms with E-state index in [0.717, 1.165) is 0 Å². The summed E-state index contributed by atoms with van der Waals surface area (Å²) in [7, 11) is 3.52. The molecule has 0 saturated carbocycles. The topological polar surface area (TPSA) is 69.7 Å². The quantitative estimate of drug-likeness (QED) is 0.407. The summed E-state index contributed by atoms with van der Waals surface area (Å²) in [4.78, 5) is 22.6. The van der Waals surface area contributed by atoms with Crippen LogP contribution in [0.4, 0.5) is 0 Å². The number of rotatable bonds is 5. The molecule has 0 aliphatic rings. The molecule has 0 fully saturated rings. The van der Waals surface area contributed by atoms with E-state index in [9.17, 15) is 14.7 Å². The van der Waals surface area contributed by atoms with Crippen LogP contribution >= 0.6 is 0 Å². The van der Waals surface area contributed by atoms with Crippen LogP contribution in [0.25, 0.3) is 0 Å². The van der Waals surface area contributed by atoms with Crippen molar-refractivity contribution in [3.05, 3.63) is 0 Å². The normalized spacial score (nSPS) is 12.6. The van der Waals surface area contributed by atoms with Crippen molar-refractivity contribution in [3.8, 4) is 0 Å². The molecule has 0 rings (SSSR count). The minimum Gasteiger partial charge on any atom is -0.550 e. The van der Waals surface area contributed by atoms with Gasteiger partial charge in [0, 0.05) is 5.97 Å². The maximum atomic E-state index is 10.9. The number of carboxylic acid groups (broad SMARTS) is 1. The fraction of sp³-hybridized carbons (Fsp3) is 0.750. The number of carbonyl (C=O) groups is 2. The Labute approximate surface area is 77.3 Å². The third-order valence-corrected chi connectivity index (χ3v) is 1.56. The Bertz CT molecular complexity index is 191. The second kappa shape index (κ2) is 5.53. The SMILES string of the molecule is CC(OC(=O)CCC(=O)[O-])N(C)C. The summed E-state index contributed by atoms with van der Waals surface area (Å²) in [6.07, 6.45) is -0.770. The first kappa shape index (κ1) is 11.9. The molecule has 0 aromatic rings. The Morgan fingerprint density at radius 3 is 2.31 bits per heavy atom. The number of ether oxygens (including phenoxy) is 1. The van der Waals surface area contributed by atoms with Crippen molar-refractivity contribution in [2.75, 3.05) is 14.1 Å². The summed E-state index contributed by atoms with van der Waals surface area (Å²) in [5.74, 6) is -1.76. The molecule has 0 spiro atoms. The molecule has 0 bridgehead atoms. The third kappa shape index (κ3) is 6.10. The van der Waals surface area contributed by atoms with Gasteiger partial charge in [-0.25, -0.2) is 0 Å². The van der Waals surface area contributed by atoms with Crippen molar-refractivity contribution in [2.45, 2.75) is 26.0 Å². The molecule has 0 N–H and O–H groups in total. The van der Waals surface area contributed by atoms with Crippen molar-refractivity contribution in [3.63, 3.8) is 0 Å². The average Bonchev–Trinajstić information content (AvgIpc) is 2.00. The van der Waals surface area contributed by atoms with Gasteiger partial charge in [-0.05, 0) is 27.4 Å². The Morgan fingerprint density at radius 2 is 1.92 bits per heavy atom. The molecule has 0 amide bonds. The molecule has 0 saturated heterocycles. The van der Waals surface area contributed by atoms with Crippen molar-refractivity contribution in [2.24, 2.45) is 0 Å². The van der Waals surface area contributed by atoms with Crippen LogP contribution in [0, 0.1) is 0 Å². The first-order valence-electron chi connectivity index (χ1n) is 3.99. The number of carbonyl (C=O) groups excluding carboxylic acids is 2. The van der Waals surface area contributed by atoms with E-state index in [2.05, 4.69) is 0 Å². The minimum atomic E-state index is -1.24. The molecule has 5 nitrogen and oxygen atoms in total. The zero-order valence-electron chi connectivity index (χ0n) is 8.07. The van der Waals surface area contributed by atoms with Gasteiger partial charge in [0.2, 0.25) is 0 Å². The van der Waals surface area contributed by atoms with Crippen LogP contribution in [-0.2, 0) is 14.3 Å². The highest BCUT2D eigenvalue weighted by molar-refractivity contribution is 5.75. The van der Waals surface area contributed by atoms with Gasteiger partial charge in [0.1, 0.15) is 0 Å². The number of esters is 1. The molecule has 76 valence electrons. The zero-order valence-corrected chi connectivity index (χ0v) is 8.07. The van der Waals surface area contributed by atoms with Gasteiger partial charge in [0.05, 0.1) is 6.42 Å². The van der Waals surface area contributed by atoms with Gasteiger partial charge in [-0.15, -0.1) is 0 Å². The fourth-order valence-corrected chi connectivity index (χ4v) is 0.559. The van der Waals surface area contributed by atoms with E-state index in [4.69, 9.17) is 4.74 Å². The van der Waals surface area contributed by atoms with E-state index in [1.807, 2.05) is 0 Å². The Morgan fingerprint density at radius 1 is 1.38 bits per heavy atom. The number of nitrogens with zero attached hydrogens (tertiary/aromatic N) is 1. The van der Waals surface area contributed by atoms with Crippen molar-refractivity contribution in [1.82, 2.24) is 4.90 Å². The summed E-state index contributed by atoms with van der Waals surface area (Å²) in [5, 5.41) is 9.99. The van der Waals surface area contributed by atoms with Gasteiger partial charge >= 0.3 is 5.97 Å². The molecular formula is C8H14NO4-. The maximum absolute atomic E-state index is 10.9. The first-order chi connectivity index (χ1) is 5.93.